The van der Waals surface area contributed by atoms with E-state index in [-0.39, 0.29) is 11.9 Å². The summed E-state index contributed by atoms with van der Waals surface area (Å²) in [7, 11) is 3.27. The zero-order valence-corrected chi connectivity index (χ0v) is 15.0. The summed E-state index contributed by atoms with van der Waals surface area (Å²) in [6.07, 6.45) is 3.78. The van der Waals surface area contributed by atoms with Crippen LogP contribution in [0.3, 0.4) is 0 Å². The molecule has 0 radical (unpaired) electrons. The van der Waals surface area contributed by atoms with Gasteiger partial charge in [0.25, 0.3) is 0 Å². The maximum Gasteiger partial charge on any atom is 0.240 e. The normalized spacial score (nSPS) is 15.7. The first-order chi connectivity index (χ1) is 12.7. The van der Waals surface area contributed by atoms with Crippen molar-refractivity contribution in [1.29, 1.82) is 0 Å². The number of benzene rings is 2. The fraction of sp³-hybridized carbons (Fsp3) is 0.286. The molecule has 1 aromatic heterocycles. The van der Waals surface area contributed by atoms with Crippen LogP contribution in [-0.4, -0.2) is 24.7 Å². The lowest BCUT2D eigenvalue weighted by Gasteiger charge is -2.17. The summed E-state index contributed by atoms with van der Waals surface area (Å²) in [6.45, 7) is 0.312. The molecule has 1 aliphatic rings. The number of carbonyl (C=O) groups excluding carboxylic acids is 1. The van der Waals surface area contributed by atoms with Crippen molar-refractivity contribution in [2.24, 2.45) is 0 Å². The van der Waals surface area contributed by atoms with Gasteiger partial charge in [-0.25, -0.2) is 0 Å². The number of aryl methyl sites for hydroxylation is 1. The molecule has 4 rings (SSSR count). The number of nitrogens with zero attached hydrogens (tertiary/aromatic N) is 1. The monoisotopic (exact) mass is 350 g/mol. The van der Waals surface area contributed by atoms with Gasteiger partial charge in [0, 0.05) is 11.7 Å². The van der Waals surface area contributed by atoms with Crippen molar-refractivity contribution >= 4 is 16.8 Å². The van der Waals surface area contributed by atoms with Crippen LogP contribution in [0, 0.1) is 0 Å². The fourth-order valence-electron chi connectivity index (χ4n) is 3.76. The van der Waals surface area contributed by atoms with E-state index in [1.54, 1.807) is 14.2 Å². The van der Waals surface area contributed by atoms with Gasteiger partial charge in [0.05, 0.1) is 20.3 Å². The maximum absolute atomic E-state index is 12.6. The second kappa shape index (κ2) is 6.75. The topological polar surface area (TPSA) is 52.5 Å². The second-order valence-electron chi connectivity index (χ2n) is 6.57. The van der Waals surface area contributed by atoms with Crippen LogP contribution in [0.1, 0.15) is 23.6 Å². The molecule has 3 aromatic rings. The molecule has 0 bridgehead atoms. The molecule has 0 fully saturated rings. The summed E-state index contributed by atoms with van der Waals surface area (Å²) in [4.78, 5) is 12.6. The predicted octanol–water partition coefficient (Wildman–Crippen LogP) is 3.46. The van der Waals surface area contributed by atoms with E-state index in [9.17, 15) is 4.79 Å². The molecular weight excluding hydrogens is 328 g/mol. The molecule has 26 heavy (non-hydrogen) atoms. The fourth-order valence-corrected chi connectivity index (χ4v) is 3.76. The van der Waals surface area contributed by atoms with Crippen molar-refractivity contribution < 1.29 is 14.3 Å². The number of hydrogen-bond acceptors (Lipinski definition) is 3. The zero-order valence-electron chi connectivity index (χ0n) is 15.0. The highest BCUT2D eigenvalue weighted by Crippen LogP contribution is 2.39. The average molecular weight is 350 g/mol. The summed E-state index contributed by atoms with van der Waals surface area (Å²) in [5.74, 6) is 1.44. The largest absolute Gasteiger partial charge is 0.493 e. The third-order valence-electron chi connectivity index (χ3n) is 5.05. The van der Waals surface area contributed by atoms with Crippen LogP contribution in [0.2, 0.25) is 0 Å². The quantitative estimate of drug-likeness (QED) is 0.767. The van der Waals surface area contributed by atoms with Gasteiger partial charge in [0.15, 0.2) is 11.5 Å². The molecule has 2 aromatic carbocycles. The molecule has 1 atom stereocenters. The Kier molecular flexibility index (Phi) is 4.29. The lowest BCUT2D eigenvalue weighted by atomic mass is 10.1. The maximum atomic E-state index is 12.6. The van der Waals surface area contributed by atoms with Crippen LogP contribution in [0.25, 0.3) is 10.9 Å². The molecule has 0 aliphatic heterocycles. The first-order valence-electron chi connectivity index (χ1n) is 8.77. The molecule has 1 N–H and O–H groups in total. The number of hydrogen-bond donors (Lipinski definition) is 1. The van der Waals surface area contributed by atoms with Crippen LogP contribution in [0.15, 0.2) is 48.7 Å². The Morgan fingerprint density at radius 1 is 1.15 bits per heavy atom. The summed E-state index contributed by atoms with van der Waals surface area (Å²) < 4.78 is 12.8. The molecule has 5 heteroatoms. The van der Waals surface area contributed by atoms with Crippen LogP contribution in [0.5, 0.6) is 11.5 Å². The van der Waals surface area contributed by atoms with Crippen molar-refractivity contribution in [1.82, 2.24) is 9.88 Å². The molecule has 0 saturated heterocycles. The van der Waals surface area contributed by atoms with Gasteiger partial charge < -0.3 is 19.4 Å². The lowest BCUT2D eigenvalue weighted by Crippen LogP contribution is -2.30. The van der Waals surface area contributed by atoms with Crippen LogP contribution >= 0.6 is 0 Å². The Morgan fingerprint density at radius 2 is 1.92 bits per heavy atom. The lowest BCUT2D eigenvalue weighted by molar-refractivity contribution is -0.122. The summed E-state index contributed by atoms with van der Waals surface area (Å²) in [5.41, 5.74) is 3.40. The van der Waals surface area contributed by atoms with E-state index in [1.165, 1.54) is 5.56 Å². The molecule has 5 nitrogen and oxygen atoms in total. The Morgan fingerprint density at radius 3 is 2.73 bits per heavy atom. The Labute approximate surface area is 152 Å². The van der Waals surface area contributed by atoms with E-state index >= 15 is 0 Å². The van der Waals surface area contributed by atoms with Gasteiger partial charge in [-0.2, -0.15) is 0 Å². The van der Waals surface area contributed by atoms with Crippen molar-refractivity contribution in [2.45, 2.75) is 25.4 Å². The van der Waals surface area contributed by atoms with Crippen molar-refractivity contribution in [3.63, 3.8) is 0 Å². The highest BCUT2D eigenvalue weighted by molar-refractivity contribution is 5.83. The highest BCUT2D eigenvalue weighted by atomic mass is 16.5. The van der Waals surface area contributed by atoms with Gasteiger partial charge in [-0.05, 0) is 53.6 Å². The Bertz CT molecular complexity index is 961. The zero-order chi connectivity index (χ0) is 18.1. The minimum atomic E-state index is 0.0130. The van der Waals surface area contributed by atoms with E-state index in [2.05, 4.69) is 11.4 Å². The van der Waals surface area contributed by atoms with E-state index in [0.29, 0.717) is 12.3 Å². The molecule has 1 aliphatic carbocycles. The number of amides is 1. The first-order valence-corrected chi connectivity index (χ1v) is 8.77. The Hall–Kier alpha value is -2.95. The minimum absolute atomic E-state index is 0.0130. The minimum Gasteiger partial charge on any atom is -0.493 e. The molecule has 1 heterocycles. The number of nitrogens with one attached hydrogen (secondary N) is 1. The van der Waals surface area contributed by atoms with E-state index in [4.69, 9.17) is 9.47 Å². The molecule has 134 valence electrons. The van der Waals surface area contributed by atoms with Gasteiger partial charge in [0.1, 0.15) is 6.54 Å². The number of ether oxygens (including phenoxy) is 2. The van der Waals surface area contributed by atoms with Crippen molar-refractivity contribution in [3.8, 4) is 11.5 Å². The molecule has 0 saturated carbocycles. The third kappa shape index (κ3) is 2.90. The van der Waals surface area contributed by atoms with Gasteiger partial charge in [-0.15, -0.1) is 0 Å². The third-order valence-corrected chi connectivity index (χ3v) is 5.05. The van der Waals surface area contributed by atoms with Gasteiger partial charge in [0.2, 0.25) is 5.91 Å². The van der Waals surface area contributed by atoms with Crippen molar-refractivity contribution in [2.75, 3.05) is 14.2 Å². The standard InChI is InChI=1S/C21H22N2O3/c1-25-19-11-15-7-8-17(16(15)12-20(19)26-2)22-21(24)13-23-10-9-14-5-3-4-6-18(14)23/h3-6,9-12,17H,7-8,13H2,1-2H3,(H,22,24)/t17-/m1/s1. The van der Waals surface area contributed by atoms with E-state index < -0.39 is 0 Å². The van der Waals surface area contributed by atoms with Gasteiger partial charge >= 0.3 is 0 Å². The second-order valence-corrected chi connectivity index (χ2v) is 6.57. The summed E-state index contributed by atoms with van der Waals surface area (Å²) in [5, 5.41) is 4.31. The van der Waals surface area contributed by atoms with Crippen LogP contribution < -0.4 is 14.8 Å². The van der Waals surface area contributed by atoms with E-state index in [1.807, 2.05) is 47.2 Å². The van der Waals surface area contributed by atoms with Crippen LogP contribution in [0.4, 0.5) is 0 Å². The first kappa shape index (κ1) is 16.5. The van der Waals surface area contributed by atoms with E-state index in [0.717, 1.165) is 35.1 Å². The number of para-hydroxylation sites is 1. The van der Waals surface area contributed by atoms with Gasteiger partial charge in [-0.1, -0.05) is 18.2 Å². The van der Waals surface area contributed by atoms with Crippen molar-refractivity contribution in [3.05, 3.63) is 59.8 Å². The van der Waals surface area contributed by atoms with Crippen LogP contribution in [-0.2, 0) is 17.8 Å². The highest BCUT2D eigenvalue weighted by Gasteiger charge is 2.26. The average Bonchev–Trinajstić information content (AvgIpc) is 3.25. The SMILES string of the molecule is COc1cc2c(cc1OC)[C@H](NC(=O)Cn1ccc3ccccc31)CC2. The smallest absolute Gasteiger partial charge is 0.240 e. The molecule has 0 unspecified atom stereocenters. The molecule has 1 amide bonds. The Balaban J connectivity index is 1.51. The van der Waals surface area contributed by atoms with Gasteiger partial charge in [-0.3, -0.25) is 4.79 Å². The number of rotatable bonds is 5. The summed E-state index contributed by atoms with van der Waals surface area (Å²) >= 11 is 0. The number of aromatic nitrogens is 1. The number of methoxy groups -OCH3 is 2. The molecule has 0 spiro atoms. The molecular formula is C21H22N2O3. The number of fused-ring (bicyclic) bond motifs is 2. The number of carbonyl (C=O) groups is 1. The predicted molar refractivity (Wildman–Crippen MR) is 101 cm³/mol. The summed E-state index contributed by atoms with van der Waals surface area (Å²) in [6, 6.07) is 14.1.